The Balaban J connectivity index is 1.57. The van der Waals surface area contributed by atoms with Crippen molar-refractivity contribution in [3.8, 4) is 0 Å². The van der Waals surface area contributed by atoms with Gasteiger partial charge < -0.3 is 15.4 Å². The van der Waals surface area contributed by atoms with Gasteiger partial charge in [-0.2, -0.15) is 0 Å². The molecule has 1 saturated heterocycles. The summed E-state index contributed by atoms with van der Waals surface area (Å²) < 4.78 is 0. The number of aromatic amines is 1. The third kappa shape index (κ3) is 3.95. The average Bonchev–Trinajstić information content (AvgIpc) is 3.23. The Morgan fingerprint density at radius 2 is 1.85 bits per heavy atom. The number of piperidine rings is 1. The molecule has 0 bridgehead atoms. The molecule has 0 spiro atoms. The first-order valence-electron chi connectivity index (χ1n) is 9.95. The van der Waals surface area contributed by atoms with Crippen LogP contribution in [0.4, 0.5) is 0 Å². The van der Waals surface area contributed by atoms with Gasteiger partial charge in [-0.05, 0) is 58.1 Å². The number of amides is 1. The van der Waals surface area contributed by atoms with Crippen LogP contribution < -0.4 is 5.32 Å². The summed E-state index contributed by atoms with van der Waals surface area (Å²) in [6.07, 6.45) is 10.1. The van der Waals surface area contributed by atoms with Crippen molar-refractivity contribution in [1.82, 2.24) is 15.2 Å². The third-order valence-electron chi connectivity index (χ3n) is 6.11. The summed E-state index contributed by atoms with van der Waals surface area (Å²) in [5.41, 5.74) is 1.70. The number of aryl methyl sites for hydroxylation is 1. The van der Waals surface area contributed by atoms with E-state index in [4.69, 9.17) is 0 Å². The van der Waals surface area contributed by atoms with Crippen molar-refractivity contribution >= 4 is 11.9 Å². The Hall–Kier alpha value is -1.82. The predicted octanol–water partition coefficient (Wildman–Crippen LogP) is 3.25. The lowest BCUT2D eigenvalue weighted by Gasteiger charge is -2.40. The molecule has 26 heavy (non-hydrogen) atoms. The lowest BCUT2D eigenvalue weighted by Crippen LogP contribution is -2.46. The minimum Gasteiger partial charge on any atom is -0.477 e. The Labute approximate surface area is 155 Å². The lowest BCUT2D eigenvalue weighted by atomic mass is 9.96. The molecule has 1 aliphatic heterocycles. The third-order valence-corrected chi connectivity index (χ3v) is 6.11. The molecule has 6 nitrogen and oxygen atoms in total. The van der Waals surface area contributed by atoms with Crippen molar-refractivity contribution in [2.24, 2.45) is 0 Å². The Bertz CT molecular complexity index is 662. The monoisotopic (exact) mass is 361 g/mol. The number of rotatable bonds is 6. The number of aromatic carboxylic acids is 1. The molecule has 2 fully saturated rings. The Morgan fingerprint density at radius 1 is 1.15 bits per heavy atom. The molecule has 0 unspecified atom stereocenters. The lowest BCUT2D eigenvalue weighted by molar-refractivity contribution is 0.0690. The Morgan fingerprint density at radius 3 is 2.50 bits per heavy atom. The van der Waals surface area contributed by atoms with Gasteiger partial charge in [-0.3, -0.25) is 9.69 Å². The maximum absolute atomic E-state index is 12.6. The second-order valence-electron chi connectivity index (χ2n) is 7.80. The van der Waals surface area contributed by atoms with Crippen molar-refractivity contribution in [3.63, 3.8) is 0 Å². The number of nitrogens with zero attached hydrogens (tertiary/aromatic N) is 1. The van der Waals surface area contributed by atoms with Gasteiger partial charge >= 0.3 is 5.97 Å². The van der Waals surface area contributed by atoms with Crippen LogP contribution in [0, 0.1) is 13.8 Å². The highest BCUT2D eigenvalue weighted by Gasteiger charge is 2.30. The molecular weight excluding hydrogens is 330 g/mol. The number of H-pyrrole nitrogens is 1. The van der Waals surface area contributed by atoms with Gasteiger partial charge in [0.05, 0.1) is 5.56 Å². The minimum absolute atomic E-state index is 0.104. The molecule has 2 aliphatic rings. The van der Waals surface area contributed by atoms with Crippen molar-refractivity contribution in [3.05, 3.63) is 22.5 Å². The average molecular weight is 361 g/mol. The highest BCUT2D eigenvalue weighted by Crippen LogP contribution is 2.30. The molecule has 0 aromatic carbocycles. The van der Waals surface area contributed by atoms with E-state index in [1.807, 2.05) is 0 Å². The fourth-order valence-electron chi connectivity index (χ4n) is 4.79. The summed E-state index contributed by atoms with van der Waals surface area (Å²) in [4.78, 5) is 29.3. The van der Waals surface area contributed by atoms with E-state index in [0.717, 1.165) is 12.5 Å². The molecule has 0 radical (unpaired) electrons. The predicted molar refractivity (Wildman–Crippen MR) is 101 cm³/mol. The molecule has 1 atom stereocenters. The summed E-state index contributed by atoms with van der Waals surface area (Å²) >= 11 is 0. The fraction of sp³-hybridized carbons (Fsp3) is 0.700. The molecule has 1 amide bonds. The van der Waals surface area contributed by atoms with Crippen LogP contribution in [0.3, 0.4) is 0 Å². The zero-order valence-electron chi connectivity index (χ0n) is 15.9. The SMILES string of the molecule is Cc1[nH]c(C(=O)O)c(C)c1C(=O)NCC[C@@H]1CCCCN1C1CCCC1. The second-order valence-corrected chi connectivity index (χ2v) is 7.80. The highest BCUT2D eigenvalue weighted by molar-refractivity contribution is 6.00. The first-order chi connectivity index (χ1) is 12.5. The number of carbonyl (C=O) groups is 2. The number of hydrogen-bond acceptors (Lipinski definition) is 3. The van der Waals surface area contributed by atoms with Crippen LogP contribution >= 0.6 is 0 Å². The maximum atomic E-state index is 12.6. The van der Waals surface area contributed by atoms with E-state index in [2.05, 4.69) is 15.2 Å². The van der Waals surface area contributed by atoms with Gasteiger partial charge in [-0.25, -0.2) is 4.79 Å². The molecule has 3 N–H and O–H groups in total. The largest absolute Gasteiger partial charge is 0.477 e. The van der Waals surface area contributed by atoms with Gasteiger partial charge in [0, 0.05) is 24.3 Å². The molecule has 1 saturated carbocycles. The molecule has 1 aromatic rings. The number of hydrogen-bond donors (Lipinski definition) is 3. The molecule has 1 aromatic heterocycles. The quantitative estimate of drug-likeness (QED) is 0.726. The summed E-state index contributed by atoms with van der Waals surface area (Å²) in [5, 5.41) is 12.2. The van der Waals surface area contributed by atoms with Crippen LogP contribution in [-0.2, 0) is 0 Å². The topological polar surface area (TPSA) is 85.4 Å². The zero-order valence-corrected chi connectivity index (χ0v) is 15.9. The van der Waals surface area contributed by atoms with Gasteiger partial charge in [0.1, 0.15) is 5.69 Å². The number of likely N-dealkylation sites (tertiary alicyclic amines) is 1. The second kappa shape index (κ2) is 8.25. The number of carbonyl (C=O) groups excluding carboxylic acids is 1. The summed E-state index contributed by atoms with van der Waals surface area (Å²) in [7, 11) is 0. The van der Waals surface area contributed by atoms with E-state index in [0.29, 0.717) is 29.4 Å². The molecule has 6 heteroatoms. The van der Waals surface area contributed by atoms with Crippen molar-refractivity contribution < 1.29 is 14.7 Å². The van der Waals surface area contributed by atoms with Crippen LogP contribution in [0.2, 0.25) is 0 Å². The van der Waals surface area contributed by atoms with Gasteiger partial charge in [0.15, 0.2) is 0 Å². The van der Waals surface area contributed by atoms with Crippen LogP contribution in [0.5, 0.6) is 0 Å². The number of carboxylic acid groups (broad SMARTS) is 1. The maximum Gasteiger partial charge on any atom is 0.352 e. The first kappa shape index (κ1) is 19.0. The van der Waals surface area contributed by atoms with Crippen molar-refractivity contribution in [1.29, 1.82) is 0 Å². The fourth-order valence-corrected chi connectivity index (χ4v) is 4.79. The van der Waals surface area contributed by atoms with E-state index in [9.17, 15) is 14.7 Å². The smallest absolute Gasteiger partial charge is 0.352 e. The molecule has 144 valence electrons. The zero-order chi connectivity index (χ0) is 18.7. The van der Waals surface area contributed by atoms with Gasteiger partial charge in [-0.15, -0.1) is 0 Å². The number of carboxylic acids is 1. The highest BCUT2D eigenvalue weighted by atomic mass is 16.4. The first-order valence-corrected chi connectivity index (χ1v) is 9.95. The molecule has 1 aliphatic carbocycles. The summed E-state index contributed by atoms with van der Waals surface area (Å²) in [5.74, 6) is -1.20. The molecule has 2 heterocycles. The minimum atomic E-state index is -1.03. The van der Waals surface area contributed by atoms with Gasteiger partial charge in [0.2, 0.25) is 0 Å². The normalized spacial score (nSPS) is 21.8. The van der Waals surface area contributed by atoms with E-state index in [1.165, 1.54) is 51.5 Å². The number of aromatic nitrogens is 1. The molecule has 3 rings (SSSR count). The van der Waals surface area contributed by atoms with E-state index in [-0.39, 0.29) is 11.6 Å². The van der Waals surface area contributed by atoms with E-state index >= 15 is 0 Å². The van der Waals surface area contributed by atoms with Gasteiger partial charge in [0.25, 0.3) is 5.91 Å². The number of nitrogens with one attached hydrogen (secondary N) is 2. The summed E-state index contributed by atoms with van der Waals surface area (Å²) in [6, 6.07) is 1.30. The van der Waals surface area contributed by atoms with E-state index in [1.54, 1.807) is 13.8 Å². The standard InChI is InChI=1S/C20H31N3O3/c1-13-17(14(2)22-18(13)20(25)26)19(24)21-11-10-16-9-5-6-12-23(16)15-7-3-4-8-15/h15-16,22H,3-12H2,1-2H3,(H,21,24)(H,25,26)/t16-/m0/s1. The van der Waals surface area contributed by atoms with Gasteiger partial charge in [-0.1, -0.05) is 19.3 Å². The van der Waals surface area contributed by atoms with Crippen LogP contribution in [0.15, 0.2) is 0 Å². The van der Waals surface area contributed by atoms with Crippen molar-refractivity contribution in [2.75, 3.05) is 13.1 Å². The molecular formula is C20H31N3O3. The summed E-state index contributed by atoms with van der Waals surface area (Å²) in [6.45, 7) is 5.27. The van der Waals surface area contributed by atoms with Crippen LogP contribution in [-0.4, -0.2) is 52.0 Å². The van der Waals surface area contributed by atoms with E-state index < -0.39 is 5.97 Å². The van der Waals surface area contributed by atoms with Crippen LogP contribution in [0.25, 0.3) is 0 Å². The Kier molecular flexibility index (Phi) is 6.01. The van der Waals surface area contributed by atoms with Crippen molar-refractivity contribution in [2.45, 2.75) is 77.3 Å². The van der Waals surface area contributed by atoms with Crippen LogP contribution in [0.1, 0.15) is 83.5 Å².